The molecule has 2 amide bonds. The molecule has 2 aromatic rings. The number of fused-ring (bicyclic) bond motifs is 1. The first-order valence-electron chi connectivity index (χ1n) is 6.57. The second-order valence-corrected chi connectivity index (χ2v) is 4.83. The Kier molecular flexibility index (Phi) is 3.38. The molecule has 1 aliphatic heterocycles. The van der Waals surface area contributed by atoms with Crippen molar-refractivity contribution in [3.05, 3.63) is 41.6 Å². The van der Waals surface area contributed by atoms with E-state index in [9.17, 15) is 14.7 Å². The van der Waals surface area contributed by atoms with Gasteiger partial charge in [0.2, 0.25) is 5.88 Å². The lowest BCUT2D eigenvalue weighted by Gasteiger charge is -2.18. The molecule has 0 saturated carbocycles. The molecule has 3 N–H and O–H groups in total. The predicted molar refractivity (Wildman–Crippen MR) is 79.2 cm³/mol. The Morgan fingerprint density at radius 2 is 2.18 bits per heavy atom. The van der Waals surface area contributed by atoms with Crippen LogP contribution < -0.4 is 15.4 Å². The van der Waals surface area contributed by atoms with Crippen LogP contribution in [0.2, 0.25) is 0 Å². The zero-order chi connectivity index (χ0) is 15.7. The molecule has 112 valence electrons. The summed E-state index contributed by atoms with van der Waals surface area (Å²) in [5.41, 5.74) is 1.64. The van der Waals surface area contributed by atoms with Crippen LogP contribution in [0, 0.1) is 6.92 Å². The number of pyridine rings is 1. The average molecular weight is 299 g/mol. The van der Waals surface area contributed by atoms with Crippen molar-refractivity contribution in [1.82, 2.24) is 4.98 Å². The van der Waals surface area contributed by atoms with E-state index in [-0.39, 0.29) is 24.0 Å². The van der Waals surface area contributed by atoms with Crippen molar-refractivity contribution in [3.8, 4) is 11.6 Å². The number of anilines is 2. The highest BCUT2D eigenvalue weighted by Crippen LogP contribution is 2.30. The van der Waals surface area contributed by atoms with Crippen molar-refractivity contribution in [3.63, 3.8) is 0 Å². The monoisotopic (exact) mass is 299 g/mol. The summed E-state index contributed by atoms with van der Waals surface area (Å²) in [6, 6.07) is 8.01. The van der Waals surface area contributed by atoms with E-state index in [1.165, 1.54) is 6.07 Å². The minimum absolute atomic E-state index is 0.0262. The summed E-state index contributed by atoms with van der Waals surface area (Å²) in [5, 5.41) is 15.0. The van der Waals surface area contributed by atoms with Crippen LogP contribution in [0.1, 0.15) is 16.1 Å². The number of nitrogens with zero attached hydrogens (tertiary/aromatic N) is 1. The highest BCUT2D eigenvalue weighted by molar-refractivity contribution is 6.06. The number of ether oxygens (including phenoxy) is 1. The van der Waals surface area contributed by atoms with Gasteiger partial charge in [0, 0.05) is 11.4 Å². The van der Waals surface area contributed by atoms with Crippen molar-refractivity contribution in [2.45, 2.75) is 6.92 Å². The molecule has 3 rings (SSSR count). The molecule has 0 radical (unpaired) electrons. The number of carbonyl (C=O) groups excluding carboxylic acids is 2. The van der Waals surface area contributed by atoms with Crippen molar-refractivity contribution in [2.24, 2.45) is 0 Å². The second kappa shape index (κ2) is 5.36. The first-order chi connectivity index (χ1) is 10.5. The highest BCUT2D eigenvalue weighted by Gasteiger charge is 2.17. The number of benzene rings is 1. The molecule has 0 unspecified atom stereocenters. The summed E-state index contributed by atoms with van der Waals surface area (Å²) in [6.07, 6.45) is 0. The summed E-state index contributed by atoms with van der Waals surface area (Å²) in [5.74, 6) is -0.533. The first-order valence-corrected chi connectivity index (χ1v) is 6.57. The molecular weight excluding hydrogens is 286 g/mol. The fourth-order valence-electron chi connectivity index (χ4n) is 2.08. The van der Waals surface area contributed by atoms with Gasteiger partial charge in [0.15, 0.2) is 6.61 Å². The third-order valence-electron chi connectivity index (χ3n) is 3.13. The molecule has 0 atom stereocenters. The zero-order valence-electron chi connectivity index (χ0n) is 11.7. The van der Waals surface area contributed by atoms with Gasteiger partial charge in [-0.2, -0.15) is 0 Å². The number of carbonyl (C=O) groups is 2. The van der Waals surface area contributed by atoms with Crippen LogP contribution in [-0.2, 0) is 4.79 Å². The molecule has 1 aromatic heterocycles. The molecule has 0 fully saturated rings. The third kappa shape index (κ3) is 2.69. The Morgan fingerprint density at radius 3 is 2.95 bits per heavy atom. The van der Waals surface area contributed by atoms with E-state index < -0.39 is 5.91 Å². The lowest BCUT2D eigenvalue weighted by Crippen LogP contribution is -2.25. The Hall–Kier alpha value is -3.09. The number of aryl methyl sites for hydroxylation is 1. The molecule has 1 aliphatic rings. The van der Waals surface area contributed by atoms with Crippen molar-refractivity contribution in [2.75, 3.05) is 17.2 Å². The van der Waals surface area contributed by atoms with E-state index in [2.05, 4.69) is 15.6 Å². The summed E-state index contributed by atoms with van der Waals surface area (Å²) < 4.78 is 5.24. The standard InChI is InChI=1S/C15H13N3O4/c1-8-2-4-10(14(20)16-8)15(21)17-9-3-5-12-11(6-9)18-13(19)7-22-12/h2-6H,7H2,1H3,(H,16,20)(H,17,21)(H,18,19). The van der Waals surface area contributed by atoms with Crippen molar-refractivity contribution < 1.29 is 19.4 Å². The molecule has 7 heteroatoms. The van der Waals surface area contributed by atoms with Gasteiger partial charge in [-0.15, -0.1) is 0 Å². The third-order valence-corrected chi connectivity index (χ3v) is 3.13. The molecule has 0 spiro atoms. The molecule has 2 heterocycles. The van der Waals surface area contributed by atoms with Crippen LogP contribution in [-0.4, -0.2) is 28.5 Å². The molecule has 0 aliphatic carbocycles. The molecule has 0 saturated heterocycles. The van der Waals surface area contributed by atoms with Crippen LogP contribution >= 0.6 is 0 Å². The second-order valence-electron chi connectivity index (χ2n) is 4.83. The van der Waals surface area contributed by atoms with Gasteiger partial charge in [0.1, 0.15) is 11.3 Å². The number of amides is 2. The smallest absolute Gasteiger partial charge is 0.262 e. The van der Waals surface area contributed by atoms with E-state index >= 15 is 0 Å². The van der Waals surface area contributed by atoms with E-state index in [1.54, 1.807) is 31.2 Å². The minimum Gasteiger partial charge on any atom is -0.493 e. The van der Waals surface area contributed by atoms with Crippen LogP contribution in [0.5, 0.6) is 11.6 Å². The maximum Gasteiger partial charge on any atom is 0.262 e. The maximum atomic E-state index is 12.1. The zero-order valence-corrected chi connectivity index (χ0v) is 11.7. The van der Waals surface area contributed by atoms with E-state index in [4.69, 9.17) is 4.74 Å². The van der Waals surface area contributed by atoms with Gasteiger partial charge in [-0.25, -0.2) is 4.98 Å². The summed E-state index contributed by atoms with van der Waals surface area (Å²) in [6.45, 7) is 1.69. The van der Waals surface area contributed by atoms with Crippen molar-refractivity contribution >= 4 is 23.2 Å². The molecule has 1 aromatic carbocycles. The quantitative estimate of drug-likeness (QED) is 0.783. The highest BCUT2D eigenvalue weighted by atomic mass is 16.5. The Balaban J connectivity index is 1.82. The SMILES string of the molecule is Cc1ccc(C(=O)Nc2ccc3c(c2)NC(=O)CO3)c(O)n1. The summed E-state index contributed by atoms with van der Waals surface area (Å²) in [4.78, 5) is 27.3. The molecule has 0 bridgehead atoms. The fourth-order valence-corrected chi connectivity index (χ4v) is 2.08. The van der Waals surface area contributed by atoms with E-state index in [0.717, 1.165) is 0 Å². The van der Waals surface area contributed by atoms with Gasteiger partial charge in [0.25, 0.3) is 11.8 Å². The lowest BCUT2D eigenvalue weighted by atomic mass is 10.2. The minimum atomic E-state index is -0.493. The maximum absolute atomic E-state index is 12.1. The van der Waals surface area contributed by atoms with Crippen LogP contribution in [0.3, 0.4) is 0 Å². The normalized spacial score (nSPS) is 12.9. The lowest BCUT2D eigenvalue weighted by molar-refractivity contribution is -0.118. The summed E-state index contributed by atoms with van der Waals surface area (Å²) in [7, 11) is 0. The number of aromatic hydroxyl groups is 1. The molecule has 22 heavy (non-hydrogen) atoms. The van der Waals surface area contributed by atoms with Crippen LogP contribution in [0.15, 0.2) is 30.3 Å². The topological polar surface area (TPSA) is 101 Å². The Labute approximate surface area is 125 Å². The van der Waals surface area contributed by atoms with Gasteiger partial charge in [-0.3, -0.25) is 9.59 Å². The van der Waals surface area contributed by atoms with Crippen LogP contribution in [0.4, 0.5) is 11.4 Å². The number of aromatic nitrogens is 1. The molecule has 7 nitrogen and oxygen atoms in total. The fraction of sp³-hybridized carbons (Fsp3) is 0.133. The number of hydrogen-bond acceptors (Lipinski definition) is 5. The Bertz CT molecular complexity index is 773. The van der Waals surface area contributed by atoms with E-state index in [0.29, 0.717) is 22.8 Å². The van der Waals surface area contributed by atoms with Gasteiger partial charge in [0.05, 0.1) is 5.69 Å². The first kappa shape index (κ1) is 13.9. The Morgan fingerprint density at radius 1 is 1.36 bits per heavy atom. The van der Waals surface area contributed by atoms with Gasteiger partial charge >= 0.3 is 0 Å². The largest absolute Gasteiger partial charge is 0.493 e. The van der Waals surface area contributed by atoms with Gasteiger partial charge in [-0.1, -0.05) is 0 Å². The van der Waals surface area contributed by atoms with Gasteiger partial charge in [-0.05, 0) is 37.3 Å². The number of hydrogen-bond donors (Lipinski definition) is 3. The number of nitrogens with one attached hydrogen (secondary N) is 2. The summed E-state index contributed by atoms with van der Waals surface area (Å²) >= 11 is 0. The molecular formula is C15H13N3O4. The van der Waals surface area contributed by atoms with E-state index in [1.807, 2.05) is 0 Å². The van der Waals surface area contributed by atoms with Crippen LogP contribution in [0.25, 0.3) is 0 Å². The average Bonchev–Trinajstić information content (AvgIpc) is 2.46. The van der Waals surface area contributed by atoms with Crippen molar-refractivity contribution in [1.29, 1.82) is 0 Å². The number of rotatable bonds is 2. The van der Waals surface area contributed by atoms with Gasteiger partial charge < -0.3 is 20.5 Å². The predicted octanol–water partition coefficient (Wildman–Crippen LogP) is 1.68.